The molecule has 0 aromatic heterocycles. The summed E-state index contributed by atoms with van der Waals surface area (Å²) < 4.78 is 0. The molecule has 0 aliphatic carbocycles. The van der Waals surface area contributed by atoms with Crippen molar-refractivity contribution in [3.8, 4) is 0 Å². The van der Waals surface area contributed by atoms with E-state index >= 15 is 0 Å². The van der Waals surface area contributed by atoms with Crippen LogP contribution < -0.4 is 5.32 Å². The van der Waals surface area contributed by atoms with Gasteiger partial charge in [-0.1, -0.05) is 36.4 Å². The van der Waals surface area contributed by atoms with E-state index < -0.39 is 0 Å². The summed E-state index contributed by atoms with van der Waals surface area (Å²) in [5, 5.41) is 5.31. The van der Waals surface area contributed by atoms with Gasteiger partial charge in [0.25, 0.3) is 0 Å². The minimum Gasteiger partial charge on any atom is -0.350 e. The van der Waals surface area contributed by atoms with Crippen LogP contribution in [0.2, 0.25) is 0 Å². The highest BCUT2D eigenvalue weighted by atomic mass is 16.1. The molecule has 2 rings (SSSR count). The summed E-state index contributed by atoms with van der Waals surface area (Å²) in [5.41, 5.74) is 1.13. The number of rotatable bonds is 2. The molecule has 2 nitrogen and oxygen atoms in total. The third-order valence-corrected chi connectivity index (χ3v) is 2.69. The Morgan fingerprint density at radius 3 is 2.50 bits per heavy atom. The number of amides is 1. The van der Waals surface area contributed by atoms with Crippen LogP contribution in [-0.2, 0) is 4.79 Å². The molecule has 1 N–H and O–H groups in total. The first-order valence-electron chi connectivity index (χ1n) is 5.42. The van der Waals surface area contributed by atoms with Crippen molar-refractivity contribution in [2.75, 3.05) is 0 Å². The van der Waals surface area contributed by atoms with E-state index in [-0.39, 0.29) is 11.9 Å². The molecule has 0 unspecified atom stereocenters. The first-order chi connectivity index (χ1) is 7.66. The molecular formula is C14H15NO. The lowest BCUT2D eigenvalue weighted by atomic mass is 10.0. The van der Waals surface area contributed by atoms with Gasteiger partial charge in [-0.15, -0.1) is 0 Å². The minimum absolute atomic E-state index is 0.000610. The van der Waals surface area contributed by atoms with Crippen molar-refractivity contribution >= 4 is 16.7 Å². The highest BCUT2D eigenvalue weighted by Gasteiger charge is 2.06. The molecule has 0 bridgehead atoms. The predicted molar refractivity (Wildman–Crippen MR) is 66.2 cm³/mol. The van der Waals surface area contributed by atoms with Crippen molar-refractivity contribution in [1.82, 2.24) is 5.32 Å². The summed E-state index contributed by atoms with van der Waals surface area (Å²) in [5.74, 6) is 0.000610. The third kappa shape index (κ3) is 2.22. The molecule has 2 aromatic rings. The molecule has 0 spiro atoms. The van der Waals surface area contributed by atoms with E-state index in [1.165, 1.54) is 17.7 Å². The summed E-state index contributed by atoms with van der Waals surface area (Å²) in [6.45, 7) is 3.53. The van der Waals surface area contributed by atoms with E-state index in [2.05, 4.69) is 35.6 Å². The minimum atomic E-state index is 0.000610. The standard InChI is InChI=1S/C14H15NO/c1-10(15-11(2)16)13-8-7-12-5-3-4-6-14(12)9-13/h3-10H,1-2H3,(H,15,16)/t10-/m0/s1. The number of nitrogens with one attached hydrogen (secondary N) is 1. The lowest BCUT2D eigenvalue weighted by Gasteiger charge is -2.13. The monoisotopic (exact) mass is 213 g/mol. The predicted octanol–water partition coefficient (Wildman–Crippen LogP) is 3.04. The Morgan fingerprint density at radius 1 is 1.12 bits per heavy atom. The van der Waals surface area contributed by atoms with Crippen molar-refractivity contribution in [2.45, 2.75) is 19.9 Å². The number of hydrogen-bond acceptors (Lipinski definition) is 1. The van der Waals surface area contributed by atoms with Crippen molar-refractivity contribution in [1.29, 1.82) is 0 Å². The van der Waals surface area contributed by atoms with Crippen LogP contribution in [-0.4, -0.2) is 5.91 Å². The van der Waals surface area contributed by atoms with Gasteiger partial charge in [0.15, 0.2) is 0 Å². The van der Waals surface area contributed by atoms with Gasteiger partial charge >= 0.3 is 0 Å². The highest BCUT2D eigenvalue weighted by Crippen LogP contribution is 2.19. The molecule has 1 atom stereocenters. The second-order valence-electron chi connectivity index (χ2n) is 4.03. The van der Waals surface area contributed by atoms with Gasteiger partial charge in [-0.05, 0) is 29.3 Å². The Labute approximate surface area is 95.3 Å². The van der Waals surface area contributed by atoms with Gasteiger partial charge < -0.3 is 5.32 Å². The second-order valence-corrected chi connectivity index (χ2v) is 4.03. The first-order valence-corrected chi connectivity index (χ1v) is 5.42. The van der Waals surface area contributed by atoms with E-state index in [9.17, 15) is 4.79 Å². The number of fused-ring (bicyclic) bond motifs is 1. The van der Waals surface area contributed by atoms with Crippen molar-refractivity contribution in [3.05, 3.63) is 48.0 Å². The van der Waals surface area contributed by atoms with E-state index in [4.69, 9.17) is 0 Å². The van der Waals surface area contributed by atoms with E-state index in [1.807, 2.05) is 19.1 Å². The normalized spacial score (nSPS) is 12.4. The Balaban J connectivity index is 2.35. The van der Waals surface area contributed by atoms with Crippen LogP contribution in [0, 0.1) is 0 Å². The quantitative estimate of drug-likeness (QED) is 0.816. The highest BCUT2D eigenvalue weighted by molar-refractivity contribution is 5.83. The summed E-state index contributed by atoms with van der Waals surface area (Å²) in [6.07, 6.45) is 0. The molecule has 2 heteroatoms. The number of carbonyl (C=O) groups is 1. The molecule has 0 fully saturated rings. The van der Waals surface area contributed by atoms with Crippen LogP contribution in [0.15, 0.2) is 42.5 Å². The van der Waals surface area contributed by atoms with E-state index in [0.29, 0.717) is 0 Å². The van der Waals surface area contributed by atoms with Crippen LogP contribution in [0.25, 0.3) is 10.8 Å². The maximum atomic E-state index is 11.0. The van der Waals surface area contributed by atoms with Gasteiger partial charge in [-0.2, -0.15) is 0 Å². The van der Waals surface area contributed by atoms with E-state index in [1.54, 1.807) is 0 Å². The number of carbonyl (C=O) groups excluding carboxylic acids is 1. The average molecular weight is 213 g/mol. The Bertz CT molecular complexity index is 519. The SMILES string of the molecule is CC(=O)N[C@@H](C)c1ccc2ccccc2c1. The summed E-state index contributed by atoms with van der Waals surface area (Å²) in [7, 11) is 0. The molecule has 0 aliphatic heterocycles. The van der Waals surface area contributed by atoms with Gasteiger partial charge in [-0.25, -0.2) is 0 Å². The number of hydrogen-bond donors (Lipinski definition) is 1. The summed E-state index contributed by atoms with van der Waals surface area (Å²) in [4.78, 5) is 11.0. The fourth-order valence-corrected chi connectivity index (χ4v) is 1.87. The van der Waals surface area contributed by atoms with Gasteiger partial charge in [0.05, 0.1) is 6.04 Å². The molecule has 16 heavy (non-hydrogen) atoms. The fraction of sp³-hybridized carbons (Fsp3) is 0.214. The number of benzene rings is 2. The van der Waals surface area contributed by atoms with Crippen molar-refractivity contribution in [3.63, 3.8) is 0 Å². The van der Waals surface area contributed by atoms with Crippen LogP contribution in [0.5, 0.6) is 0 Å². The van der Waals surface area contributed by atoms with Crippen LogP contribution in [0.3, 0.4) is 0 Å². The fourth-order valence-electron chi connectivity index (χ4n) is 1.87. The molecule has 82 valence electrons. The average Bonchev–Trinajstić information content (AvgIpc) is 2.27. The lowest BCUT2D eigenvalue weighted by molar-refractivity contribution is -0.119. The smallest absolute Gasteiger partial charge is 0.217 e. The third-order valence-electron chi connectivity index (χ3n) is 2.69. The maximum Gasteiger partial charge on any atom is 0.217 e. The van der Waals surface area contributed by atoms with Crippen molar-refractivity contribution < 1.29 is 4.79 Å². The summed E-state index contributed by atoms with van der Waals surface area (Å²) in [6, 6.07) is 14.5. The maximum absolute atomic E-state index is 11.0. The Morgan fingerprint density at radius 2 is 1.81 bits per heavy atom. The Hall–Kier alpha value is -1.83. The van der Waals surface area contributed by atoms with Gasteiger partial charge in [0, 0.05) is 6.92 Å². The van der Waals surface area contributed by atoms with Gasteiger partial charge in [0.2, 0.25) is 5.91 Å². The Kier molecular flexibility index (Phi) is 2.91. The van der Waals surface area contributed by atoms with Crippen LogP contribution >= 0.6 is 0 Å². The molecule has 0 heterocycles. The van der Waals surface area contributed by atoms with Gasteiger partial charge in [0.1, 0.15) is 0 Å². The molecule has 0 radical (unpaired) electrons. The molecule has 0 aliphatic rings. The second kappa shape index (κ2) is 4.35. The van der Waals surface area contributed by atoms with E-state index in [0.717, 1.165) is 5.56 Å². The summed E-state index contributed by atoms with van der Waals surface area (Å²) >= 11 is 0. The zero-order chi connectivity index (χ0) is 11.5. The molecule has 0 saturated heterocycles. The van der Waals surface area contributed by atoms with Crippen molar-refractivity contribution in [2.24, 2.45) is 0 Å². The van der Waals surface area contributed by atoms with Gasteiger partial charge in [-0.3, -0.25) is 4.79 Å². The zero-order valence-electron chi connectivity index (χ0n) is 9.53. The van der Waals surface area contributed by atoms with Crippen LogP contribution in [0.1, 0.15) is 25.5 Å². The molecule has 2 aromatic carbocycles. The molecule has 1 amide bonds. The lowest BCUT2D eigenvalue weighted by Crippen LogP contribution is -2.23. The largest absolute Gasteiger partial charge is 0.350 e. The zero-order valence-corrected chi connectivity index (χ0v) is 9.53. The molecular weight excluding hydrogens is 198 g/mol. The molecule has 0 saturated carbocycles. The topological polar surface area (TPSA) is 29.1 Å². The van der Waals surface area contributed by atoms with Crippen LogP contribution in [0.4, 0.5) is 0 Å². The first kappa shape index (κ1) is 10.7.